The molecule has 0 radical (unpaired) electrons. The van der Waals surface area contributed by atoms with Gasteiger partial charge >= 0.3 is 0 Å². The van der Waals surface area contributed by atoms with Gasteiger partial charge in [0, 0.05) is 35.8 Å². The van der Waals surface area contributed by atoms with E-state index in [0.29, 0.717) is 13.2 Å². The molecule has 2 aromatic carbocycles. The molecule has 1 amide bonds. The van der Waals surface area contributed by atoms with Gasteiger partial charge in [-0.05, 0) is 48.1 Å². The van der Waals surface area contributed by atoms with Crippen LogP contribution in [0.5, 0.6) is 5.75 Å². The minimum Gasteiger partial charge on any atom is -0.492 e. The van der Waals surface area contributed by atoms with Gasteiger partial charge in [-0.2, -0.15) is 5.26 Å². The number of nitrogens with zero attached hydrogens (tertiary/aromatic N) is 3. The number of benzene rings is 2. The molecule has 1 saturated heterocycles. The fourth-order valence-corrected chi connectivity index (χ4v) is 4.28. The Balaban J connectivity index is 1.51. The zero-order valence-electron chi connectivity index (χ0n) is 19.7. The molecule has 3 aromatic rings. The second-order valence-electron chi connectivity index (χ2n) is 9.59. The molecule has 33 heavy (non-hydrogen) atoms. The monoisotopic (exact) mass is 441 g/mol. The molecule has 0 atom stereocenters. The Labute approximate surface area is 195 Å². The Kier molecular flexibility index (Phi) is 6.55. The molecule has 5 heteroatoms. The number of carbonyl (C=O) groups is 1. The summed E-state index contributed by atoms with van der Waals surface area (Å²) in [5.41, 5.74) is 3.52. The summed E-state index contributed by atoms with van der Waals surface area (Å²) in [7, 11) is 0. The van der Waals surface area contributed by atoms with Gasteiger partial charge in [-0.15, -0.1) is 0 Å². The first-order chi connectivity index (χ1) is 15.9. The highest BCUT2D eigenvalue weighted by Crippen LogP contribution is 2.26. The molecule has 1 aromatic heterocycles. The minimum atomic E-state index is -0.172. The third-order valence-electron chi connectivity index (χ3n) is 6.18. The molecular weight excluding hydrogens is 410 g/mol. The second kappa shape index (κ2) is 9.54. The van der Waals surface area contributed by atoms with Crippen LogP contribution < -0.4 is 4.74 Å². The second-order valence-corrected chi connectivity index (χ2v) is 9.59. The van der Waals surface area contributed by atoms with Crippen molar-refractivity contribution in [3.8, 4) is 11.8 Å². The van der Waals surface area contributed by atoms with Gasteiger partial charge in [-0.25, -0.2) is 0 Å². The molecule has 0 bridgehead atoms. The quantitative estimate of drug-likeness (QED) is 0.372. The fourth-order valence-electron chi connectivity index (χ4n) is 4.28. The highest BCUT2D eigenvalue weighted by molar-refractivity contribution is 6.04. The van der Waals surface area contributed by atoms with Crippen LogP contribution in [0.15, 0.2) is 60.3 Å². The Morgan fingerprint density at radius 3 is 2.45 bits per heavy atom. The van der Waals surface area contributed by atoms with E-state index in [1.54, 1.807) is 11.0 Å². The topological polar surface area (TPSA) is 58.3 Å². The molecular formula is C28H31N3O2. The number of likely N-dealkylation sites (tertiary alicyclic amines) is 1. The summed E-state index contributed by atoms with van der Waals surface area (Å²) in [5.74, 6) is 0.677. The number of fused-ring (bicyclic) bond motifs is 1. The smallest absolute Gasteiger partial charge is 0.264 e. The van der Waals surface area contributed by atoms with E-state index in [4.69, 9.17) is 4.74 Å². The molecule has 4 rings (SSSR count). The Morgan fingerprint density at radius 1 is 1.09 bits per heavy atom. The van der Waals surface area contributed by atoms with Crippen LogP contribution in [0, 0.1) is 11.3 Å². The van der Waals surface area contributed by atoms with Crippen LogP contribution in [0.1, 0.15) is 44.7 Å². The van der Waals surface area contributed by atoms with E-state index in [9.17, 15) is 10.1 Å². The third kappa shape index (κ3) is 5.12. The zero-order valence-corrected chi connectivity index (χ0v) is 19.7. The Hall–Kier alpha value is -3.52. The largest absolute Gasteiger partial charge is 0.492 e. The third-order valence-corrected chi connectivity index (χ3v) is 6.18. The van der Waals surface area contributed by atoms with Crippen molar-refractivity contribution in [2.45, 2.75) is 45.6 Å². The van der Waals surface area contributed by atoms with Crippen LogP contribution in [-0.2, 0) is 16.8 Å². The summed E-state index contributed by atoms with van der Waals surface area (Å²) in [6.07, 6.45) is 5.74. The maximum Gasteiger partial charge on any atom is 0.264 e. The average Bonchev–Trinajstić information content (AvgIpc) is 3.46. The number of ether oxygens (including phenoxy) is 1. The number of nitriles is 1. The van der Waals surface area contributed by atoms with Crippen molar-refractivity contribution >= 4 is 22.9 Å². The molecule has 1 fully saturated rings. The van der Waals surface area contributed by atoms with Gasteiger partial charge in [0.25, 0.3) is 5.91 Å². The van der Waals surface area contributed by atoms with Gasteiger partial charge in [0.15, 0.2) is 0 Å². The van der Waals surface area contributed by atoms with Gasteiger partial charge in [-0.1, -0.05) is 51.1 Å². The van der Waals surface area contributed by atoms with Gasteiger partial charge in [0.2, 0.25) is 0 Å². The fraction of sp³-hybridized carbons (Fsp3) is 0.357. The van der Waals surface area contributed by atoms with Crippen LogP contribution in [0.2, 0.25) is 0 Å². The predicted molar refractivity (Wildman–Crippen MR) is 132 cm³/mol. The van der Waals surface area contributed by atoms with Crippen LogP contribution in [0.4, 0.5) is 0 Å². The number of hydrogen-bond acceptors (Lipinski definition) is 3. The maximum absolute atomic E-state index is 12.7. The average molecular weight is 442 g/mol. The number of carbonyl (C=O) groups excluding carboxylic acids is 1. The van der Waals surface area contributed by atoms with Crippen molar-refractivity contribution in [2.75, 3.05) is 19.7 Å². The lowest BCUT2D eigenvalue weighted by Crippen LogP contribution is -2.28. The van der Waals surface area contributed by atoms with Gasteiger partial charge in [0.1, 0.15) is 24.0 Å². The van der Waals surface area contributed by atoms with Crippen molar-refractivity contribution in [1.29, 1.82) is 5.26 Å². The first-order valence-corrected chi connectivity index (χ1v) is 11.6. The van der Waals surface area contributed by atoms with E-state index < -0.39 is 0 Å². The molecule has 5 nitrogen and oxygen atoms in total. The molecule has 1 aliphatic rings. The number of aromatic nitrogens is 1. The van der Waals surface area contributed by atoms with E-state index >= 15 is 0 Å². The summed E-state index contributed by atoms with van der Waals surface area (Å²) in [4.78, 5) is 14.5. The van der Waals surface area contributed by atoms with Crippen molar-refractivity contribution in [3.05, 3.63) is 71.4 Å². The first-order valence-electron chi connectivity index (χ1n) is 11.6. The standard InChI is InChI=1S/C28H31N3O2/c1-28(2,3)23-10-12-24(13-11-23)33-17-16-31-20-22(25-8-4-5-9-26(25)31)18-21(19-29)27(32)30-14-6-7-15-30/h4-5,8-13,18,20H,6-7,14-17H2,1-3H3. The van der Waals surface area contributed by atoms with Crippen molar-refractivity contribution < 1.29 is 9.53 Å². The van der Waals surface area contributed by atoms with Crippen molar-refractivity contribution in [2.24, 2.45) is 0 Å². The summed E-state index contributed by atoms with van der Waals surface area (Å²) in [6.45, 7) is 9.24. The highest BCUT2D eigenvalue weighted by Gasteiger charge is 2.22. The van der Waals surface area contributed by atoms with Crippen molar-refractivity contribution in [1.82, 2.24) is 9.47 Å². The molecule has 0 aliphatic carbocycles. The Bertz CT molecular complexity index is 1200. The number of para-hydroxylation sites is 1. The molecule has 0 saturated carbocycles. The van der Waals surface area contributed by atoms with Gasteiger partial charge in [0.05, 0.1) is 6.54 Å². The number of rotatable bonds is 6. The number of hydrogen-bond donors (Lipinski definition) is 0. The minimum absolute atomic E-state index is 0.116. The van der Waals surface area contributed by atoms with E-state index in [-0.39, 0.29) is 16.9 Å². The molecule has 0 unspecified atom stereocenters. The van der Waals surface area contributed by atoms with Gasteiger partial charge < -0.3 is 14.2 Å². The highest BCUT2D eigenvalue weighted by atomic mass is 16.5. The summed E-state index contributed by atoms with van der Waals surface area (Å²) in [6, 6.07) is 18.4. The number of amides is 1. The van der Waals surface area contributed by atoms with E-state index in [1.165, 1.54) is 5.56 Å². The van der Waals surface area contributed by atoms with Crippen LogP contribution >= 0.6 is 0 Å². The van der Waals surface area contributed by atoms with Gasteiger partial charge in [-0.3, -0.25) is 4.79 Å². The normalized spacial score (nSPS) is 14.5. The lowest BCUT2D eigenvalue weighted by Gasteiger charge is -2.19. The van der Waals surface area contributed by atoms with Crippen LogP contribution in [0.25, 0.3) is 17.0 Å². The molecule has 170 valence electrons. The SMILES string of the molecule is CC(C)(C)c1ccc(OCCn2cc(C=C(C#N)C(=O)N3CCCC3)c3ccccc32)cc1. The molecule has 0 spiro atoms. The van der Waals surface area contributed by atoms with E-state index in [0.717, 1.165) is 48.1 Å². The van der Waals surface area contributed by atoms with Crippen LogP contribution in [-0.4, -0.2) is 35.1 Å². The van der Waals surface area contributed by atoms with E-state index in [1.807, 2.05) is 36.5 Å². The van der Waals surface area contributed by atoms with Crippen LogP contribution in [0.3, 0.4) is 0 Å². The summed E-state index contributed by atoms with van der Waals surface area (Å²) in [5, 5.41) is 10.7. The lowest BCUT2D eigenvalue weighted by atomic mass is 9.87. The summed E-state index contributed by atoms with van der Waals surface area (Å²) >= 11 is 0. The van der Waals surface area contributed by atoms with E-state index in [2.05, 4.69) is 49.6 Å². The molecule has 2 heterocycles. The first kappa shape index (κ1) is 22.7. The lowest BCUT2D eigenvalue weighted by molar-refractivity contribution is -0.125. The molecule has 1 aliphatic heterocycles. The maximum atomic E-state index is 12.7. The summed E-state index contributed by atoms with van der Waals surface area (Å²) < 4.78 is 8.12. The Morgan fingerprint density at radius 2 is 1.79 bits per heavy atom. The van der Waals surface area contributed by atoms with Crippen molar-refractivity contribution in [3.63, 3.8) is 0 Å². The predicted octanol–water partition coefficient (Wildman–Crippen LogP) is 5.55. The zero-order chi connectivity index (χ0) is 23.4. The molecule has 0 N–H and O–H groups in total.